The number of aryl methyl sites for hydroxylation is 1. The van der Waals surface area contributed by atoms with E-state index in [1.165, 1.54) is 22.8 Å². The minimum absolute atomic E-state index is 0.0384. The molecule has 1 aliphatic rings. The fourth-order valence-electron chi connectivity index (χ4n) is 2.73. The molecular weight excluding hydrogens is 274 g/mol. The van der Waals surface area contributed by atoms with Crippen molar-refractivity contribution in [1.29, 1.82) is 0 Å². The zero-order chi connectivity index (χ0) is 15.1. The summed E-state index contributed by atoms with van der Waals surface area (Å²) in [7, 11) is 0. The molecule has 2 atom stereocenters. The van der Waals surface area contributed by atoms with Crippen LogP contribution in [0.4, 0.5) is 0 Å². The van der Waals surface area contributed by atoms with E-state index in [-0.39, 0.29) is 23.6 Å². The van der Waals surface area contributed by atoms with Crippen molar-refractivity contribution in [3.8, 4) is 5.75 Å². The number of aromatic nitrogens is 2. The largest absolute Gasteiger partial charge is 0.508 e. The summed E-state index contributed by atoms with van der Waals surface area (Å²) in [6, 6.07) is 3.81. The molecule has 21 heavy (non-hydrogen) atoms. The molecule has 7 heteroatoms. The van der Waals surface area contributed by atoms with Crippen LogP contribution in [0.25, 0.3) is 10.9 Å². The van der Waals surface area contributed by atoms with E-state index in [0.29, 0.717) is 23.1 Å². The summed E-state index contributed by atoms with van der Waals surface area (Å²) in [6.07, 6.45) is -0.487. The molecule has 0 bridgehead atoms. The number of amides is 1. The van der Waals surface area contributed by atoms with Crippen LogP contribution in [0.5, 0.6) is 5.75 Å². The Morgan fingerprint density at radius 1 is 1.38 bits per heavy atom. The van der Waals surface area contributed by atoms with Crippen LogP contribution < -0.4 is 10.9 Å². The second-order valence-corrected chi connectivity index (χ2v) is 5.15. The number of aliphatic hydroxyl groups is 1. The molecule has 1 aromatic heterocycles. The molecule has 1 amide bonds. The van der Waals surface area contributed by atoms with E-state index in [9.17, 15) is 19.8 Å². The van der Waals surface area contributed by atoms with Crippen LogP contribution in [-0.2, 0) is 4.79 Å². The van der Waals surface area contributed by atoms with Gasteiger partial charge in [0.1, 0.15) is 17.8 Å². The number of phenols is 1. The van der Waals surface area contributed by atoms with Gasteiger partial charge in [0.2, 0.25) is 5.91 Å². The predicted molar refractivity (Wildman–Crippen MR) is 74.8 cm³/mol. The molecule has 2 heterocycles. The lowest BCUT2D eigenvalue weighted by Gasteiger charge is -2.30. The molecule has 7 nitrogen and oxygen atoms in total. The van der Waals surface area contributed by atoms with Crippen LogP contribution in [-0.4, -0.2) is 31.9 Å². The first kappa shape index (κ1) is 13.6. The zero-order valence-electron chi connectivity index (χ0n) is 11.4. The third-order valence-corrected chi connectivity index (χ3v) is 3.73. The van der Waals surface area contributed by atoms with Crippen molar-refractivity contribution in [2.75, 3.05) is 0 Å². The van der Waals surface area contributed by atoms with E-state index in [1.54, 1.807) is 6.92 Å². The second-order valence-electron chi connectivity index (χ2n) is 5.15. The molecule has 0 radical (unpaired) electrons. The van der Waals surface area contributed by atoms with Gasteiger partial charge in [-0.3, -0.25) is 14.2 Å². The second kappa shape index (κ2) is 4.85. The Labute approximate surface area is 119 Å². The highest BCUT2D eigenvalue weighted by Crippen LogP contribution is 2.23. The number of rotatable bonds is 1. The molecule has 0 aliphatic carbocycles. The number of aromatic hydroxyl groups is 1. The Kier molecular flexibility index (Phi) is 3.13. The van der Waals surface area contributed by atoms with Gasteiger partial charge >= 0.3 is 0 Å². The standard InChI is InChI=1S/C14H15N3O4/c1-7-15-10-6-8(18)2-3-9(10)14(21)17(7)11-4-5-12(19)16-13(11)20/h2-3,6,11,13,18,20H,4-5H2,1H3,(H,16,19). The molecular formula is C14H15N3O4. The van der Waals surface area contributed by atoms with Gasteiger partial charge < -0.3 is 15.5 Å². The fourth-order valence-corrected chi connectivity index (χ4v) is 2.73. The number of carbonyl (C=O) groups excluding carboxylic acids is 1. The van der Waals surface area contributed by atoms with Gasteiger partial charge in [-0.05, 0) is 25.5 Å². The Morgan fingerprint density at radius 3 is 2.86 bits per heavy atom. The first-order valence-corrected chi connectivity index (χ1v) is 6.66. The Morgan fingerprint density at radius 2 is 2.14 bits per heavy atom. The van der Waals surface area contributed by atoms with Crippen LogP contribution in [0.2, 0.25) is 0 Å². The van der Waals surface area contributed by atoms with Gasteiger partial charge in [0.15, 0.2) is 0 Å². The predicted octanol–water partition coefficient (Wildman–Crippen LogP) is 0.180. The minimum atomic E-state index is -1.11. The fraction of sp³-hybridized carbons (Fsp3) is 0.357. The lowest BCUT2D eigenvalue weighted by Crippen LogP contribution is -2.48. The summed E-state index contributed by atoms with van der Waals surface area (Å²) < 4.78 is 1.41. The third-order valence-electron chi connectivity index (χ3n) is 3.73. The number of phenolic OH excluding ortho intramolecular Hbond substituents is 1. The Balaban J connectivity index is 2.17. The zero-order valence-corrected chi connectivity index (χ0v) is 11.4. The summed E-state index contributed by atoms with van der Waals surface area (Å²) in [6.45, 7) is 1.66. The number of carbonyl (C=O) groups is 1. The highest BCUT2D eigenvalue weighted by atomic mass is 16.3. The SMILES string of the molecule is Cc1nc2cc(O)ccc2c(=O)n1C1CCC(=O)NC1O. The Bertz CT molecular complexity index is 784. The van der Waals surface area contributed by atoms with E-state index >= 15 is 0 Å². The maximum Gasteiger partial charge on any atom is 0.261 e. The number of nitrogens with one attached hydrogen (secondary N) is 1. The smallest absolute Gasteiger partial charge is 0.261 e. The highest BCUT2D eigenvalue weighted by molar-refractivity contribution is 5.79. The average molecular weight is 289 g/mol. The van der Waals surface area contributed by atoms with Crippen molar-refractivity contribution in [2.45, 2.75) is 32.0 Å². The number of aliphatic hydroxyl groups excluding tert-OH is 1. The lowest BCUT2D eigenvalue weighted by molar-refractivity contribution is -0.128. The molecule has 3 N–H and O–H groups in total. The van der Waals surface area contributed by atoms with Crippen LogP contribution in [0, 0.1) is 6.92 Å². The molecule has 1 saturated heterocycles. The summed E-state index contributed by atoms with van der Waals surface area (Å²) in [5.74, 6) is 0.234. The lowest BCUT2D eigenvalue weighted by atomic mass is 10.0. The van der Waals surface area contributed by atoms with Crippen molar-refractivity contribution in [2.24, 2.45) is 0 Å². The van der Waals surface area contributed by atoms with Crippen LogP contribution in [0.3, 0.4) is 0 Å². The van der Waals surface area contributed by atoms with Gasteiger partial charge in [0.25, 0.3) is 5.56 Å². The van der Waals surface area contributed by atoms with Crippen molar-refractivity contribution in [1.82, 2.24) is 14.9 Å². The molecule has 2 aromatic rings. The van der Waals surface area contributed by atoms with Crippen molar-refractivity contribution in [3.63, 3.8) is 0 Å². The van der Waals surface area contributed by atoms with Gasteiger partial charge in [-0.1, -0.05) is 0 Å². The first-order chi connectivity index (χ1) is 9.97. The maximum absolute atomic E-state index is 12.6. The number of piperidine rings is 1. The topological polar surface area (TPSA) is 104 Å². The number of hydrogen-bond acceptors (Lipinski definition) is 5. The monoisotopic (exact) mass is 289 g/mol. The highest BCUT2D eigenvalue weighted by Gasteiger charge is 2.30. The molecule has 0 saturated carbocycles. The van der Waals surface area contributed by atoms with Crippen LogP contribution >= 0.6 is 0 Å². The average Bonchev–Trinajstić information content (AvgIpc) is 2.40. The van der Waals surface area contributed by atoms with E-state index in [2.05, 4.69) is 10.3 Å². The normalized spacial score (nSPS) is 22.3. The molecule has 1 fully saturated rings. The van der Waals surface area contributed by atoms with Crippen molar-refractivity contribution in [3.05, 3.63) is 34.4 Å². The summed E-state index contributed by atoms with van der Waals surface area (Å²) in [4.78, 5) is 28.2. The summed E-state index contributed by atoms with van der Waals surface area (Å²) >= 11 is 0. The number of fused-ring (bicyclic) bond motifs is 1. The maximum atomic E-state index is 12.6. The Hall–Kier alpha value is -2.41. The number of hydrogen-bond donors (Lipinski definition) is 3. The van der Waals surface area contributed by atoms with Gasteiger partial charge in [0, 0.05) is 12.5 Å². The van der Waals surface area contributed by atoms with E-state index in [0.717, 1.165) is 0 Å². The molecule has 1 aliphatic heterocycles. The van der Waals surface area contributed by atoms with E-state index < -0.39 is 12.3 Å². The number of nitrogens with zero attached hydrogens (tertiary/aromatic N) is 2. The van der Waals surface area contributed by atoms with Gasteiger partial charge in [-0.15, -0.1) is 0 Å². The summed E-state index contributed by atoms with van der Waals surface area (Å²) in [5, 5.41) is 22.3. The van der Waals surface area contributed by atoms with Crippen LogP contribution in [0.15, 0.2) is 23.0 Å². The van der Waals surface area contributed by atoms with Gasteiger partial charge in [-0.2, -0.15) is 0 Å². The van der Waals surface area contributed by atoms with Crippen LogP contribution in [0.1, 0.15) is 24.7 Å². The van der Waals surface area contributed by atoms with Crippen molar-refractivity contribution < 1.29 is 15.0 Å². The molecule has 3 rings (SSSR count). The minimum Gasteiger partial charge on any atom is -0.508 e. The van der Waals surface area contributed by atoms with Crippen molar-refractivity contribution >= 4 is 16.8 Å². The molecule has 2 unspecified atom stereocenters. The van der Waals surface area contributed by atoms with E-state index in [1.807, 2.05) is 0 Å². The molecule has 1 aromatic carbocycles. The molecule has 110 valence electrons. The first-order valence-electron chi connectivity index (χ1n) is 6.66. The van der Waals surface area contributed by atoms with E-state index in [4.69, 9.17) is 0 Å². The summed E-state index contributed by atoms with van der Waals surface area (Å²) in [5.41, 5.74) is 0.112. The molecule has 0 spiro atoms. The van der Waals surface area contributed by atoms with Gasteiger partial charge in [-0.25, -0.2) is 4.98 Å². The number of benzene rings is 1. The van der Waals surface area contributed by atoms with Gasteiger partial charge in [0.05, 0.1) is 16.9 Å². The third kappa shape index (κ3) is 2.25. The quantitative estimate of drug-likeness (QED) is 0.694.